The van der Waals surface area contributed by atoms with Gasteiger partial charge in [0.1, 0.15) is 6.61 Å². The van der Waals surface area contributed by atoms with E-state index in [1.165, 1.54) is 19.3 Å². The van der Waals surface area contributed by atoms with Crippen molar-refractivity contribution in [2.75, 3.05) is 7.11 Å². The van der Waals surface area contributed by atoms with Gasteiger partial charge < -0.3 is 20.5 Å². The summed E-state index contributed by atoms with van der Waals surface area (Å²) >= 11 is 0. The van der Waals surface area contributed by atoms with Crippen LogP contribution in [0.1, 0.15) is 16.7 Å². The fourth-order valence-corrected chi connectivity index (χ4v) is 2.43. The summed E-state index contributed by atoms with van der Waals surface area (Å²) in [5.41, 5.74) is 8.19. The van der Waals surface area contributed by atoms with E-state index in [-0.39, 0.29) is 5.75 Å². The Kier molecular flexibility index (Phi) is 3.91. The van der Waals surface area contributed by atoms with E-state index in [1.54, 1.807) is 24.3 Å². The fourth-order valence-electron chi connectivity index (χ4n) is 2.43. The number of fused-ring (bicyclic) bond motifs is 1. The number of phenolic OH excluding ortho intramolecular Hbond substituents is 1. The van der Waals surface area contributed by atoms with Crippen molar-refractivity contribution in [2.45, 2.75) is 6.61 Å². The maximum absolute atomic E-state index is 11.4. The fraction of sp³-hybridized carbons (Fsp3) is 0.118. The highest BCUT2D eigenvalue weighted by molar-refractivity contribution is 5.98. The lowest BCUT2D eigenvalue weighted by Crippen LogP contribution is -2.07. The molecule has 1 amide bonds. The molecule has 23 heavy (non-hydrogen) atoms. The normalized spacial score (nSPS) is 13.3. The number of methoxy groups -OCH3 is 1. The van der Waals surface area contributed by atoms with Crippen LogP contribution >= 0.6 is 0 Å². The van der Waals surface area contributed by atoms with Gasteiger partial charge >= 0.3 is 0 Å². The highest BCUT2D eigenvalue weighted by Gasteiger charge is 2.17. The molecule has 0 saturated carbocycles. The van der Waals surface area contributed by atoms with Crippen molar-refractivity contribution in [3.8, 4) is 17.2 Å². The Morgan fingerprint density at radius 2 is 2.00 bits per heavy atom. The number of nitrogens with two attached hydrogens (primary N) is 1. The zero-order valence-electron chi connectivity index (χ0n) is 12.4. The second kappa shape index (κ2) is 6.02. The van der Waals surface area contributed by atoms with Crippen molar-refractivity contribution in [1.29, 1.82) is 0 Å². The van der Waals surface area contributed by atoms with Gasteiger partial charge in [0.2, 0.25) is 5.91 Å². The summed E-state index contributed by atoms with van der Waals surface area (Å²) in [5.74, 6) is 0.393. The van der Waals surface area contributed by atoms with Gasteiger partial charge in [0.05, 0.1) is 7.11 Å². The first kappa shape index (κ1) is 14.9. The van der Waals surface area contributed by atoms with Crippen LogP contribution < -0.4 is 15.4 Å². The number of benzene rings is 2. The molecule has 1 heterocycles. The number of primary amides is 1. The molecule has 6 heteroatoms. The van der Waals surface area contributed by atoms with Crippen LogP contribution in [0.25, 0.3) is 5.57 Å². The first-order valence-electron chi connectivity index (χ1n) is 6.90. The monoisotopic (exact) mass is 313 g/mol. The molecule has 0 aromatic heterocycles. The standard InChI is InChI=1S/C17H15NO5/c1-21-16-5-3-11(7-14(16)19)13(8-17(18)20)10-2-4-15-12(6-10)9-22-23-15/h2-8,19H,9H2,1H3,(H2,18,20). The van der Waals surface area contributed by atoms with E-state index in [0.717, 1.165) is 11.1 Å². The molecular formula is C17H15NO5. The summed E-state index contributed by atoms with van der Waals surface area (Å²) in [4.78, 5) is 21.3. The SMILES string of the molecule is COc1ccc(C(=CC(N)=O)c2ccc3c(c2)COO3)cc1O. The van der Waals surface area contributed by atoms with Gasteiger partial charge in [-0.05, 0) is 41.0 Å². The first-order chi connectivity index (χ1) is 11.1. The van der Waals surface area contributed by atoms with Crippen LogP contribution in [0.5, 0.6) is 17.2 Å². The largest absolute Gasteiger partial charge is 0.504 e. The minimum atomic E-state index is -0.580. The topological polar surface area (TPSA) is 91.0 Å². The molecule has 1 aliphatic heterocycles. The van der Waals surface area contributed by atoms with Crippen molar-refractivity contribution in [3.05, 3.63) is 59.2 Å². The molecule has 0 saturated heterocycles. The van der Waals surface area contributed by atoms with E-state index in [4.69, 9.17) is 20.2 Å². The molecule has 3 N–H and O–H groups in total. The quantitative estimate of drug-likeness (QED) is 0.666. The lowest BCUT2D eigenvalue weighted by atomic mass is 9.95. The smallest absolute Gasteiger partial charge is 0.242 e. The van der Waals surface area contributed by atoms with Gasteiger partial charge in [-0.15, -0.1) is 0 Å². The van der Waals surface area contributed by atoms with Gasteiger partial charge in [0.25, 0.3) is 0 Å². The summed E-state index contributed by atoms with van der Waals surface area (Å²) in [6.07, 6.45) is 1.32. The Bertz CT molecular complexity index is 798. The molecule has 0 radical (unpaired) electrons. The number of carbonyl (C=O) groups is 1. The number of amides is 1. The molecule has 1 aliphatic rings. The van der Waals surface area contributed by atoms with E-state index in [2.05, 4.69) is 0 Å². The Morgan fingerprint density at radius 1 is 1.26 bits per heavy atom. The summed E-state index contributed by atoms with van der Waals surface area (Å²) in [6, 6.07) is 10.3. The van der Waals surface area contributed by atoms with E-state index in [9.17, 15) is 9.90 Å². The maximum atomic E-state index is 11.4. The second-order valence-corrected chi connectivity index (χ2v) is 5.02. The summed E-state index contributed by atoms with van der Waals surface area (Å²) in [7, 11) is 1.47. The van der Waals surface area contributed by atoms with E-state index in [0.29, 0.717) is 29.2 Å². The van der Waals surface area contributed by atoms with Gasteiger partial charge in [-0.3, -0.25) is 4.79 Å². The van der Waals surface area contributed by atoms with Gasteiger partial charge in [0.15, 0.2) is 17.2 Å². The predicted molar refractivity (Wildman–Crippen MR) is 82.8 cm³/mol. The van der Waals surface area contributed by atoms with E-state index >= 15 is 0 Å². The van der Waals surface area contributed by atoms with Crippen LogP contribution in [0.3, 0.4) is 0 Å². The third-order valence-electron chi connectivity index (χ3n) is 3.51. The average Bonchev–Trinajstić information content (AvgIpc) is 3.00. The number of aromatic hydroxyl groups is 1. The molecule has 6 nitrogen and oxygen atoms in total. The number of phenols is 1. The van der Waals surface area contributed by atoms with Crippen molar-refractivity contribution in [3.63, 3.8) is 0 Å². The predicted octanol–water partition coefficient (Wildman–Crippen LogP) is 2.14. The number of hydrogen-bond acceptors (Lipinski definition) is 5. The second-order valence-electron chi connectivity index (χ2n) is 5.02. The molecule has 118 valence electrons. The molecule has 2 aromatic rings. The molecular weight excluding hydrogens is 298 g/mol. The molecule has 0 spiro atoms. The lowest BCUT2D eigenvalue weighted by Gasteiger charge is -2.11. The Balaban J connectivity index is 2.09. The van der Waals surface area contributed by atoms with Crippen LogP contribution in [0.4, 0.5) is 0 Å². The van der Waals surface area contributed by atoms with E-state index in [1.807, 2.05) is 6.07 Å². The van der Waals surface area contributed by atoms with Gasteiger partial charge in [-0.25, -0.2) is 0 Å². The highest BCUT2D eigenvalue weighted by atomic mass is 17.2. The summed E-state index contributed by atoms with van der Waals surface area (Å²) < 4.78 is 5.03. The Morgan fingerprint density at radius 3 is 2.70 bits per heavy atom. The minimum Gasteiger partial charge on any atom is -0.504 e. The Hall–Kier alpha value is -2.99. The summed E-state index contributed by atoms with van der Waals surface area (Å²) in [6.45, 7) is 0.334. The van der Waals surface area contributed by atoms with E-state index < -0.39 is 5.91 Å². The summed E-state index contributed by atoms with van der Waals surface area (Å²) in [5, 5.41) is 9.97. The van der Waals surface area contributed by atoms with Crippen LogP contribution in [0.2, 0.25) is 0 Å². The minimum absolute atomic E-state index is 0.0202. The molecule has 0 unspecified atom stereocenters. The van der Waals surface area contributed by atoms with Crippen LogP contribution in [-0.4, -0.2) is 18.1 Å². The van der Waals surface area contributed by atoms with Crippen LogP contribution in [0, 0.1) is 0 Å². The number of hydrogen-bond donors (Lipinski definition) is 2. The zero-order valence-corrected chi connectivity index (χ0v) is 12.4. The third kappa shape index (κ3) is 2.97. The molecule has 0 bridgehead atoms. The molecule has 0 atom stereocenters. The highest BCUT2D eigenvalue weighted by Crippen LogP contribution is 2.34. The van der Waals surface area contributed by atoms with Gasteiger partial charge in [0, 0.05) is 11.6 Å². The molecule has 0 fully saturated rings. The number of rotatable bonds is 4. The van der Waals surface area contributed by atoms with Gasteiger partial charge in [-0.2, -0.15) is 4.89 Å². The lowest BCUT2D eigenvalue weighted by molar-refractivity contribution is -0.194. The van der Waals surface area contributed by atoms with Crippen LogP contribution in [0.15, 0.2) is 42.5 Å². The average molecular weight is 313 g/mol. The van der Waals surface area contributed by atoms with Crippen molar-refractivity contribution in [2.24, 2.45) is 5.73 Å². The van der Waals surface area contributed by atoms with Crippen molar-refractivity contribution in [1.82, 2.24) is 0 Å². The van der Waals surface area contributed by atoms with Crippen LogP contribution in [-0.2, 0) is 16.3 Å². The number of carbonyl (C=O) groups excluding carboxylic acids is 1. The zero-order chi connectivity index (χ0) is 16.4. The van der Waals surface area contributed by atoms with Gasteiger partial charge in [-0.1, -0.05) is 12.1 Å². The molecule has 0 aliphatic carbocycles. The first-order valence-corrected chi connectivity index (χ1v) is 6.90. The molecule has 2 aromatic carbocycles. The number of ether oxygens (including phenoxy) is 1. The Labute approximate surface area is 132 Å². The molecule has 3 rings (SSSR count). The van der Waals surface area contributed by atoms with Crippen molar-refractivity contribution >= 4 is 11.5 Å². The van der Waals surface area contributed by atoms with Crippen molar-refractivity contribution < 1.29 is 24.4 Å². The third-order valence-corrected chi connectivity index (χ3v) is 3.51. The maximum Gasteiger partial charge on any atom is 0.242 e.